The molecule has 1 aromatic carbocycles. The van der Waals surface area contributed by atoms with Crippen molar-refractivity contribution in [3.63, 3.8) is 0 Å². The van der Waals surface area contributed by atoms with E-state index in [-0.39, 0.29) is 10.1 Å². The highest BCUT2D eigenvalue weighted by Gasteiger charge is 2.23. The van der Waals surface area contributed by atoms with Gasteiger partial charge in [0.15, 0.2) is 0 Å². The number of ether oxygens (including phenoxy) is 1. The summed E-state index contributed by atoms with van der Waals surface area (Å²) in [4.78, 5) is 0.105. The van der Waals surface area contributed by atoms with E-state index < -0.39 is 11.6 Å². The minimum absolute atomic E-state index is 0.105. The van der Waals surface area contributed by atoms with E-state index in [4.69, 9.17) is 4.74 Å². The number of halogens is 2. The van der Waals surface area contributed by atoms with Crippen molar-refractivity contribution in [2.24, 2.45) is 0 Å². The molecular weight excluding hydrogens is 232 g/mol. The standard InChI is InChI=1S/C11H13F2NOS/c1-14-4-7-2-9(12)11(10(13)3-7)16-8-5-15-6-8/h2-3,8,14H,4-6H2,1H3. The van der Waals surface area contributed by atoms with Crippen molar-refractivity contribution < 1.29 is 13.5 Å². The lowest BCUT2D eigenvalue weighted by Gasteiger charge is -2.25. The normalized spacial score (nSPS) is 16.2. The van der Waals surface area contributed by atoms with Gasteiger partial charge in [0.2, 0.25) is 0 Å². The zero-order chi connectivity index (χ0) is 11.5. The molecule has 5 heteroatoms. The predicted octanol–water partition coefficient (Wildman–Crippen LogP) is 2.18. The highest BCUT2D eigenvalue weighted by molar-refractivity contribution is 8.00. The molecule has 2 nitrogen and oxygen atoms in total. The Morgan fingerprint density at radius 2 is 2.00 bits per heavy atom. The van der Waals surface area contributed by atoms with Crippen molar-refractivity contribution in [2.75, 3.05) is 20.3 Å². The summed E-state index contributed by atoms with van der Waals surface area (Å²) < 4.78 is 32.2. The van der Waals surface area contributed by atoms with Crippen molar-refractivity contribution in [3.8, 4) is 0 Å². The van der Waals surface area contributed by atoms with Crippen molar-refractivity contribution in [1.82, 2.24) is 5.32 Å². The first kappa shape index (κ1) is 11.8. The summed E-state index contributed by atoms with van der Waals surface area (Å²) in [6, 6.07) is 2.75. The fraction of sp³-hybridized carbons (Fsp3) is 0.455. The maximum atomic E-state index is 13.6. The van der Waals surface area contributed by atoms with Gasteiger partial charge in [0, 0.05) is 6.54 Å². The van der Waals surface area contributed by atoms with E-state index in [0.29, 0.717) is 25.3 Å². The van der Waals surface area contributed by atoms with Crippen LogP contribution in [0.3, 0.4) is 0 Å². The molecule has 0 radical (unpaired) electrons. The third kappa shape index (κ3) is 2.53. The van der Waals surface area contributed by atoms with Gasteiger partial charge in [-0.2, -0.15) is 0 Å². The number of nitrogens with one attached hydrogen (secondary N) is 1. The third-order valence-corrected chi connectivity index (χ3v) is 3.56. The van der Waals surface area contributed by atoms with Crippen LogP contribution >= 0.6 is 11.8 Å². The lowest BCUT2D eigenvalue weighted by atomic mass is 10.2. The second-order valence-electron chi connectivity index (χ2n) is 3.70. The molecule has 1 aromatic rings. The lowest BCUT2D eigenvalue weighted by molar-refractivity contribution is 0.0454. The molecule has 0 aromatic heterocycles. The maximum absolute atomic E-state index is 13.6. The summed E-state index contributed by atoms with van der Waals surface area (Å²) >= 11 is 1.21. The van der Waals surface area contributed by atoms with Crippen LogP contribution in [0.15, 0.2) is 17.0 Å². The minimum atomic E-state index is -0.484. The van der Waals surface area contributed by atoms with Crippen molar-refractivity contribution in [1.29, 1.82) is 0 Å². The average Bonchev–Trinajstić information content (AvgIpc) is 2.14. The molecule has 2 rings (SSSR count). The van der Waals surface area contributed by atoms with Gasteiger partial charge in [0.1, 0.15) is 11.6 Å². The molecule has 1 saturated heterocycles. The van der Waals surface area contributed by atoms with Crippen LogP contribution in [0.4, 0.5) is 8.78 Å². The van der Waals surface area contributed by atoms with E-state index in [1.165, 1.54) is 23.9 Å². The average molecular weight is 245 g/mol. The lowest BCUT2D eigenvalue weighted by Crippen LogP contribution is -2.30. The molecule has 1 N–H and O–H groups in total. The van der Waals surface area contributed by atoms with Gasteiger partial charge < -0.3 is 10.1 Å². The summed E-state index contributed by atoms with van der Waals surface area (Å²) in [7, 11) is 1.74. The Balaban J connectivity index is 2.17. The van der Waals surface area contributed by atoms with Crippen molar-refractivity contribution in [2.45, 2.75) is 16.7 Å². The first-order valence-electron chi connectivity index (χ1n) is 5.07. The predicted molar refractivity (Wildman–Crippen MR) is 59.6 cm³/mol. The third-order valence-electron chi connectivity index (χ3n) is 2.33. The molecule has 0 saturated carbocycles. The Kier molecular flexibility index (Phi) is 3.78. The highest BCUT2D eigenvalue weighted by Crippen LogP contribution is 2.32. The molecule has 0 amide bonds. The summed E-state index contributed by atoms with van der Waals surface area (Å²) in [5.74, 6) is -0.968. The molecule has 0 bridgehead atoms. The first-order valence-corrected chi connectivity index (χ1v) is 5.95. The quantitative estimate of drug-likeness (QED) is 0.878. The number of rotatable bonds is 4. The smallest absolute Gasteiger partial charge is 0.140 e. The molecule has 1 heterocycles. The Hall–Kier alpha value is -0.650. The van der Waals surface area contributed by atoms with Gasteiger partial charge in [-0.15, -0.1) is 11.8 Å². The van der Waals surface area contributed by atoms with Gasteiger partial charge in [-0.25, -0.2) is 8.78 Å². The maximum Gasteiger partial charge on any atom is 0.140 e. The number of benzene rings is 1. The SMILES string of the molecule is CNCc1cc(F)c(SC2COC2)c(F)c1. The van der Waals surface area contributed by atoms with Crippen LogP contribution in [0.1, 0.15) is 5.56 Å². The Bertz CT molecular complexity index is 359. The molecule has 1 aliphatic heterocycles. The van der Waals surface area contributed by atoms with E-state index in [1.807, 2.05) is 0 Å². The molecule has 88 valence electrons. The van der Waals surface area contributed by atoms with Crippen LogP contribution in [-0.4, -0.2) is 25.5 Å². The Morgan fingerprint density at radius 1 is 1.38 bits per heavy atom. The van der Waals surface area contributed by atoms with Gasteiger partial charge in [0.25, 0.3) is 0 Å². The Labute approximate surface area is 97.4 Å². The van der Waals surface area contributed by atoms with Crippen molar-refractivity contribution >= 4 is 11.8 Å². The van der Waals surface area contributed by atoms with Crippen LogP contribution in [-0.2, 0) is 11.3 Å². The van der Waals surface area contributed by atoms with Crippen LogP contribution in [0.5, 0.6) is 0 Å². The second-order valence-corrected chi connectivity index (χ2v) is 5.01. The summed E-state index contributed by atoms with van der Waals surface area (Å²) in [5.41, 5.74) is 0.617. The van der Waals surface area contributed by atoms with Crippen LogP contribution < -0.4 is 5.32 Å². The summed E-state index contributed by atoms with van der Waals surface area (Å²) in [6.07, 6.45) is 0. The minimum Gasteiger partial charge on any atom is -0.379 e. The molecule has 16 heavy (non-hydrogen) atoms. The molecule has 0 aliphatic carbocycles. The van der Waals surface area contributed by atoms with E-state index in [2.05, 4.69) is 5.32 Å². The van der Waals surface area contributed by atoms with Crippen LogP contribution in [0, 0.1) is 11.6 Å². The largest absolute Gasteiger partial charge is 0.379 e. The van der Waals surface area contributed by atoms with Gasteiger partial charge in [0.05, 0.1) is 23.4 Å². The van der Waals surface area contributed by atoms with Crippen LogP contribution in [0.2, 0.25) is 0 Å². The second kappa shape index (κ2) is 5.12. The monoisotopic (exact) mass is 245 g/mol. The van der Waals surface area contributed by atoms with Gasteiger partial charge >= 0.3 is 0 Å². The number of hydrogen-bond acceptors (Lipinski definition) is 3. The Morgan fingerprint density at radius 3 is 2.44 bits per heavy atom. The van der Waals surface area contributed by atoms with Gasteiger partial charge in [-0.05, 0) is 24.7 Å². The zero-order valence-electron chi connectivity index (χ0n) is 8.93. The van der Waals surface area contributed by atoms with E-state index in [1.54, 1.807) is 7.05 Å². The van der Waals surface area contributed by atoms with Gasteiger partial charge in [-0.3, -0.25) is 0 Å². The summed E-state index contributed by atoms with van der Waals surface area (Å²) in [5, 5.41) is 3.04. The highest BCUT2D eigenvalue weighted by atomic mass is 32.2. The molecule has 0 atom stereocenters. The van der Waals surface area contributed by atoms with Crippen molar-refractivity contribution in [3.05, 3.63) is 29.3 Å². The number of hydrogen-bond donors (Lipinski definition) is 1. The first-order chi connectivity index (χ1) is 7.70. The fourth-order valence-electron chi connectivity index (χ4n) is 1.48. The molecule has 0 spiro atoms. The van der Waals surface area contributed by atoms with Gasteiger partial charge in [-0.1, -0.05) is 0 Å². The zero-order valence-corrected chi connectivity index (χ0v) is 9.74. The van der Waals surface area contributed by atoms with E-state index in [9.17, 15) is 8.78 Å². The van der Waals surface area contributed by atoms with Crippen LogP contribution in [0.25, 0.3) is 0 Å². The number of thioether (sulfide) groups is 1. The molecule has 0 unspecified atom stereocenters. The molecule has 1 aliphatic rings. The topological polar surface area (TPSA) is 21.3 Å². The summed E-state index contributed by atoms with van der Waals surface area (Å²) in [6.45, 7) is 1.61. The van der Waals surface area contributed by atoms with E-state index >= 15 is 0 Å². The van der Waals surface area contributed by atoms with E-state index in [0.717, 1.165) is 0 Å². The fourth-order valence-corrected chi connectivity index (χ4v) is 2.48. The molecular formula is C11H13F2NOS. The molecule has 1 fully saturated rings.